The number of allylic oxidation sites excluding steroid dienone is 1. The molecule has 38 heavy (non-hydrogen) atoms. The molecule has 1 amide bonds. The van der Waals surface area contributed by atoms with Crippen molar-refractivity contribution in [1.82, 2.24) is 9.21 Å². The zero-order chi connectivity index (χ0) is 28.5. The van der Waals surface area contributed by atoms with Crippen LogP contribution in [0.5, 0.6) is 0 Å². The van der Waals surface area contributed by atoms with E-state index in [-0.39, 0.29) is 30.5 Å². The van der Waals surface area contributed by atoms with E-state index in [1.807, 2.05) is 61.2 Å². The zero-order valence-corrected chi connectivity index (χ0v) is 25.6. The van der Waals surface area contributed by atoms with Crippen LogP contribution in [-0.4, -0.2) is 47.9 Å². The Morgan fingerprint density at radius 1 is 1.13 bits per heavy atom. The Balaban J connectivity index is 2.22. The van der Waals surface area contributed by atoms with E-state index in [1.165, 1.54) is 4.31 Å². The maximum Gasteiger partial charge on any atom is 0.229 e. The monoisotopic (exact) mass is 578 g/mol. The van der Waals surface area contributed by atoms with Crippen LogP contribution < -0.4 is 0 Å². The topological polar surface area (TPSA) is 57.7 Å². The first-order valence-electron chi connectivity index (χ1n) is 13.1. The van der Waals surface area contributed by atoms with Crippen LogP contribution in [0.1, 0.15) is 77.0 Å². The summed E-state index contributed by atoms with van der Waals surface area (Å²) < 4.78 is 27.0. The van der Waals surface area contributed by atoms with Crippen molar-refractivity contribution in [3.8, 4) is 0 Å². The minimum Gasteiger partial charge on any atom is -0.330 e. The van der Waals surface area contributed by atoms with Crippen molar-refractivity contribution < 1.29 is 13.2 Å². The largest absolute Gasteiger partial charge is 0.330 e. The van der Waals surface area contributed by atoms with Crippen molar-refractivity contribution in [3.63, 3.8) is 0 Å². The molecule has 1 saturated heterocycles. The molecule has 3 rings (SSSR count). The molecule has 0 aromatic heterocycles. The number of halogens is 2. The molecule has 0 N–H and O–H groups in total. The highest BCUT2D eigenvalue weighted by molar-refractivity contribution is 7.90. The lowest BCUT2D eigenvalue weighted by Crippen LogP contribution is -2.58. The highest BCUT2D eigenvalue weighted by atomic mass is 35.5. The molecule has 4 atom stereocenters. The zero-order valence-electron chi connectivity index (χ0n) is 23.2. The van der Waals surface area contributed by atoms with Crippen LogP contribution in [-0.2, 0) is 14.8 Å². The number of hydrogen-bond acceptors (Lipinski definition) is 3. The van der Waals surface area contributed by atoms with Crippen LogP contribution in [0.15, 0.2) is 61.2 Å². The Morgan fingerprint density at radius 2 is 1.76 bits per heavy atom. The summed E-state index contributed by atoms with van der Waals surface area (Å²) in [6.07, 6.45) is 3.50. The summed E-state index contributed by atoms with van der Waals surface area (Å²) in [4.78, 5) is 16.4. The van der Waals surface area contributed by atoms with Gasteiger partial charge in [-0.15, -0.1) is 6.58 Å². The molecule has 0 spiro atoms. The molecule has 2 aromatic carbocycles. The van der Waals surface area contributed by atoms with E-state index in [4.69, 9.17) is 23.2 Å². The lowest BCUT2D eigenvalue weighted by atomic mass is 9.67. The highest BCUT2D eigenvalue weighted by Gasteiger charge is 2.51. The number of carbonyl (C=O) groups is 1. The number of amides is 1. The van der Waals surface area contributed by atoms with Crippen LogP contribution in [0.4, 0.5) is 0 Å². The van der Waals surface area contributed by atoms with Crippen molar-refractivity contribution in [1.29, 1.82) is 0 Å². The van der Waals surface area contributed by atoms with Gasteiger partial charge in [-0.2, -0.15) is 0 Å². The van der Waals surface area contributed by atoms with Gasteiger partial charge in [0.2, 0.25) is 15.9 Å². The molecule has 5 nitrogen and oxygen atoms in total. The molecule has 0 bridgehead atoms. The van der Waals surface area contributed by atoms with E-state index in [2.05, 4.69) is 12.6 Å². The SMILES string of the molecule is C=CC[C@@]1(C)CC(c2cccc(Cl)c2)[C@@H](c2ccc(Cl)cc2)N([C@@H](CC)CN(C)S(=O)(=O)C(C)(C)C)C1=O. The van der Waals surface area contributed by atoms with Gasteiger partial charge in [0.05, 0.1) is 16.2 Å². The third-order valence-corrected chi connectivity index (χ3v) is 10.7. The van der Waals surface area contributed by atoms with E-state index < -0.39 is 20.2 Å². The normalized spacial score (nSPS) is 23.5. The number of piperidine rings is 1. The molecule has 8 heteroatoms. The summed E-state index contributed by atoms with van der Waals surface area (Å²) in [5.74, 6) is -0.0693. The number of likely N-dealkylation sites (N-methyl/N-ethyl adjacent to an activating group) is 1. The van der Waals surface area contributed by atoms with Crippen LogP contribution in [0.25, 0.3) is 0 Å². The smallest absolute Gasteiger partial charge is 0.229 e. The summed E-state index contributed by atoms with van der Waals surface area (Å²) in [5, 5.41) is 1.25. The first-order valence-corrected chi connectivity index (χ1v) is 15.3. The number of carbonyl (C=O) groups excluding carboxylic acids is 1. The quantitative estimate of drug-likeness (QED) is 0.290. The number of likely N-dealkylation sites (tertiary alicyclic amines) is 1. The second-order valence-corrected chi connectivity index (χ2v) is 15.3. The van der Waals surface area contributed by atoms with Crippen molar-refractivity contribution in [2.45, 2.75) is 76.6 Å². The number of benzene rings is 2. The summed E-state index contributed by atoms with van der Waals surface area (Å²) in [5.41, 5.74) is 1.29. The Bertz CT molecular complexity index is 1260. The molecule has 0 aliphatic carbocycles. The first-order chi connectivity index (χ1) is 17.7. The molecular formula is C30H40Cl2N2O3S. The number of nitrogens with zero attached hydrogens (tertiary/aromatic N) is 2. The fourth-order valence-corrected chi connectivity index (χ4v) is 7.19. The summed E-state index contributed by atoms with van der Waals surface area (Å²) >= 11 is 12.7. The van der Waals surface area contributed by atoms with Gasteiger partial charge in [0.25, 0.3) is 0 Å². The Morgan fingerprint density at radius 3 is 2.29 bits per heavy atom. The molecule has 1 fully saturated rings. The van der Waals surface area contributed by atoms with Gasteiger partial charge in [-0.25, -0.2) is 12.7 Å². The number of rotatable bonds is 9. The molecule has 1 aliphatic rings. The Labute approximate surface area is 238 Å². The second-order valence-electron chi connectivity index (χ2n) is 11.6. The fourth-order valence-electron chi connectivity index (χ4n) is 5.56. The average Bonchev–Trinajstić information content (AvgIpc) is 2.84. The lowest BCUT2D eigenvalue weighted by molar-refractivity contribution is -0.154. The maximum atomic E-state index is 14.4. The van der Waals surface area contributed by atoms with E-state index in [9.17, 15) is 13.2 Å². The van der Waals surface area contributed by atoms with Gasteiger partial charge in [0, 0.05) is 35.6 Å². The molecule has 1 unspecified atom stereocenters. The highest BCUT2D eigenvalue weighted by Crippen LogP contribution is 2.52. The Kier molecular flexibility index (Phi) is 9.45. The van der Waals surface area contributed by atoms with Gasteiger partial charge in [-0.1, -0.05) is 67.4 Å². The van der Waals surface area contributed by atoms with E-state index in [0.717, 1.165) is 11.1 Å². The lowest BCUT2D eigenvalue weighted by Gasteiger charge is -2.52. The third kappa shape index (κ3) is 6.14. The van der Waals surface area contributed by atoms with Gasteiger partial charge in [0.1, 0.15) is 0 Å². The molecule has 1 heterocycles. The Hall–Kier alpha value is -1.86. The molecular weight excluding hydrogens is 539 g/mol. The second kappa shape index (κ2) is 11.7. The predicted octanol–water partition coefficient (Wildman–Crippen LogP) is 7.47. The third-order valence-electron chi connectivity index (χ3n) is 7.70. The maximum absolute atomic E-state index is 14.4. The van der Waals surface area contributed by atoms with Gasteiger partial charge >= 0.3 is 0 Å². The number of hydrogen-bond donors (Lipinski definition) is 0. The molecule has 208 valence electrons. The van der Waals surface area contributed by atoms with Crippen molar-refractivity contribution in [2.24, 2.45) is 5.41 Å². The summed E-state index contributed by atoms with van der Waals surface area (Å²) in [7, 11) is -1.99. The van der Waals surface area contributed by atoms with Gasteiger partial charge in [-0.3, -0.25) is 4.79 Å². The van der Waals surface area contributed by atoms with Crippen LogP contribution in [0.2, 0.25) is 10.0 Å². The fraction of sp³-hybridized carbons (Fsp3) is 0.500. The predicted molar refractivity (Wildman–Crippen MR) is 158 cm³/mol. The minimum atomic E-state index is -3.59. The van der Waals surface area contributed by atoms with Crippen LogP contribution >= 0.6 is 23.2 Å². The van der Waals surface area contributed by atoms with E-state index in [1.54, 1.807) is 33.9 Å². The van der Waals surface area contributed by atoms with Gasteiger partial charge < -0.3 is 4.90 Å². The first kappa shape index (κ1) is 30.7. The van der Waals surface area contributed by atoms with Crippen molar-refractivity contribution >= 4 is 39.1 Å². The van der Waals surface area contributed by atoms with Gasteiger partial charge in [-0.05, 0) is 75.4 Å². The van der Waals surface area contributed by atoms with Crippen molar-refractivity contribution in [3.05, 3.63) is 82.4 Å². The molecule has 1 aliphatic heterocycles. The summed E-state index contributed by atoms with van der Waals surface area (Å²) in [6.45, 7) is 13.2. The van der Waals surface area contributed by atoms with Gasteiger partial charge in [0.15, 0.2) is 0 Å². The van der Waals surface area contributed by atoms with Crippen LogP contribution in [0.3, 0.4) is 0 Å². The van der Waals surface area contributed by atoms with Crippen molar-refractivity contribution in [2.75, 3.05) is 13.6 Å². The average molecular weight is 580 g/mol. The minimum absolute atomic E-state index is 0.00374. The van der Waals surface area contributed by atoms with E-state index >= 15 is 0 Å². The molecule has 2 aromatic rings. The number of sulfonamides is 1. The van der Waals surface area contributed by atoms with E-state index in [0.29, 0.717) is 29.3 Å². The standard InChI is InChI=1S/C30H40Cl2N2O3S/c1-8-17-30(6)19-26(22-11-10-12-24(32)18-22)27(21-13-15-23(31)16-14-21)34(28(30)35)25(9-2)20-33(7)38(36,37)29(3,4)5/h8,10-16,18,25-27H,1,9,17,19-20H2,2-7H3/t25-,26?,27+,30-/m0/s1. The molecule has 0 radical (unpaired) electrons. The summed E-state index contributed by atoms with van der Waals surface area (Å²) in [6, 6.07) is 14.7. The van der Waals surface area contributed by atoms with Crippen LogP contribution in [0, 0.1) is 5.41 Å². The molecule has 0 saturated carbocycles.